The number of carbonyl (C=O) groups is 1. The minimum Gasteiger partial charge on any atom is -0.465 e. The van der Waals surface area contributed by atoms with Crippen molar-refractivity contribution in [3.8, 4) is 0 Å². The summed E-state index contributed by atoms with van der Waals surface area (Å²) < 4.78 is 41.3. The summed E-state index contributed by atoms with van der Waals surface area (Å²) in [6, 6.07) is 4.22. The van der Waals surface area contributed by atoms with Crippen LogP contribution in [0.15, 0.2) is 24.3 Å². The van der Waals surface area contributed by atoms with Crippen LogP contribution in [-0.2, 0) is 12.6 Å². The van der Waals surface area contributed by atoms with Crippen LogP contribution in [0.5, 0.6) is 0 Å². The molecule has 2 aromatic rings. The minimum absolute atomic E-state index is 0.107. The van der Waals surface area contributed by atoms with Crippen molar-refractivity contribution in [2.24, 2.45) is 0 Å². The monoisotopic (exact) mass is 354 g/mol. The number of rotatable bonds is 2. The highest BCUT2D eigenvalue weighted by Crippen LogP contribution is 2.37. The number of aromatic nitrogens is 3. The van der Waals surface area contributed by atoms with Gasteiger partial charge in [-0.25, -0.2) is 9.48 Å². The summed E-state index contributed by atoms with van der Waals surface area (Å²) in [6.07, 6.45) is -5.15. The summed E-state index contributed by atoms with van der Waals surface area (Å²) in [6.45, 7) is 3.58. The zero-order valence-electron chi connectivity index (χ0n) is 13.7. The second kappa shape index (κ2) is 6.05. The van der Waals surface area contributed by atoms with Gasteiger partial charge < -0.3 is 5.11 Å². The highest BCUT2D eigenvalue weighted by atomic mass is 19.4. The lowest BCUT2D eigenvalue weighted by Crippen LogP contribution is -2.38. The SMILES string of the molecule is CC(c1ccccc1C(F)(F)F)n1nnc2c1CCN(C(=O)O)[C@@H]2C. The molecule has 1 aromatic carbocycles. The molecule has 1 aliphatic heterocycles. The number of amides is 1. The molecule has 0 spiro atoms. The third-order valence-electron chi connectivity index (χ3n) is 4.60. The number of nitrogens with zero attached hydrogens (tertiary/aromatic N) is 4. The van der Waals surface area contributed by atoms with E-state index < -0.39 is 29.9 Å². The highest BCUT2D eigenvalue weighted by molar-refractivity contribution is 5.66. The van der Waals surface area contributed by atoms with E-state index >= 15 is 0 Å². The molecule has 1 unspecified atom stereocenters. The number of hydrogen-bond acceptors (Lipinski definition) is 3. The van der Waals surface area contributed by atoms with Crippen molar-refractivity contribution < 1.29 is 23.1 Å². The lowest BCUT2D eigenvalue weighted by Gasteiger charge is -2.30. The van der Waals surface area contributed by atoms with Crippen LogP contribution in [0.1, 0.15) is 48.4 Å². The summed E-state index contributed by atoms with van der Waals surface area (Å²) in [5, 5.41) is 17.3. The first-order chi connectivity index (χ1) is 11.7. The topological polar surface area (TPSA) is 71.2 Å². The van der Waals surface area contributed by atoms with Gasteiger partial charge in [0.1, 0.15) is 5.69 Å². The Morgan fingerprint density at radius 3 is 2.68 bits per heavy atom. The van der Waals surface area contributed by atoms with Crippen LogP contribution < -0.4 is 0 Å². The lowest BCUT2D eigenvalue weighted by molar-refractivity contribution is -0.138. The van der Waals surface area contributed by atoms with Crippen LogP contribution in [-0.4, -0.2) is 37.6 Å². The van der Waals surface area contributed by atoms with E-state index in [4.69, 9.17) is 0 Å². The molecule has 0 bridgehead atoms. The Morgan fingerprint density at radius 1 is 1.36 bits per heavy atom. The van der Waals surface area contributed by atoms with Gasteiger partial charge in [-0.2, -0.15) is 13.2 Å². The fourth-order valence-corrected chi connectivity index (χ4v) is 3.28. The van der Waals surface area contributed by atoms with Crippen LogP contribution in [0.25, 0.3) is 0 Å². The Kier molecular flexibility index (Phi) is 4.18. The molecule has 3 rings (SSSR count). The van der Waals surface area contributed by atoms with Crippen molar-refractivity contribution >= 4 is 6.09 Å². The first-order valence-corrected chi connectivity index (χ1v) is 7.81. The van der Waals surface area contributed by atoms with E-state index in [1.807, 2.05) is 0 Å². The van der Waals surface area contributed by atoms with Crippen molar-refractivity contribution in [1.29, 1.82) is 0 Å². The quantitative estimate of drug-likeness (QED) is 0.896. The van der Waals surface area contributed by atoms with Gasteiger partial charge in [-0.1, -0.05) is 23.4 Å². The van der Waals surface area contributed by atoms with Gasteiger partial charge in [-0.15, -0.1) is 5.10 Å². The molecule has 0 aliphatic carbocycles. The molecule has 1 aromatic heterocycles. The molecule has 25 heavy (non-hydrogen) atoms. The van der Waals surface area contributed by atoms with E-state index in [-0.39, 0.29) is 12.1 Å². The number of halogens is 3. The summed E-state index contributed by atoms with van der Waals surface area (Å²) >= 11 is 0. The Hall–Kier alpha value is -2.58. The molecular weight excluding hydrogens is 337 g/mol. The van der Waals surface area contributed by atoms with Crippen LogP contribution in [0, 0.1) is 0 Å². The highest BCUT2D eigenvalue weighted by Gasteiger charge is 2.37. The number of alkyl halides is 3. The molecular formula is C16H17F3N4O2. The molecule has 1 N–H and O–H groups in total. The fraction of sp³-hybridized carbons (Fsp3) is 0.438. The van der Waals surface area contributed by atoms with Crippen molar-refractivity contribution in [1.82, 2.24) is 19.9 Å². The third-order valence-corrected chi connectivity index (χ3v) is 4.60. The molecule has 134 valence electrons. The van der Waals surface area contributed by atoms with Gasteiger partial charge in [0.2, 0.25) is 0 Å². The predicted molar refractivity (Wildman–Crippen MR) is 82.1 cm³/mol. The largest absolute Gasteiger partial charge is 0.465 e. The van der Waals surface area contributed by atoms with E-state index in [0.29, 0.717) is 17.8 Å². The Bertz CT molecular complexity index is 803. The van der Waals surface area contributed by atoms with E-state index in [2.05, 4.69) is 10.3 Å². The molecule has 0 radical (unpaired) electrons. The Labute approximate surface area is 141 Å². The van der Waals surface area contributed by atoms with Gasteiger partial charge in [0.25, 0.3) is 0 Å². The normalized spacial score (nSPS) is 18.8. The number of carboxylic acid groups (broad SMARTS) is 1. The van der Waals surface area contributed by atoms with Crippen molar-refractivity contribution in [3.63, 3.8) is 0 Å². The summed E-state index contributed by atoms with van der Waals surface area (Å²) in [7, 11) is 0. The number of hydrogen-bond donors (Lipinski definition) is 1. The predicted octanol–water partition coefficient (Wildman–Crippen LogP) is 3.50. The average molecular weight is 354 g/mol. The molecule has 2 heterocycles. The fourth-order valence-electron chi connectivity index (χ4n) is 3.28. The lowest BCUT2D eigenvalue weighted by atomic mass is 9.99. The molecule has 0 saturated heterocycles. The van der Waals surface area contributed by atoms with Crippen molar-refractivity contribution in [2.45, 2.75) is 38.5 Å². The van der Waals surface area contributed by atoms with Gasteiger partial charge in [0.15, 0.2) is 0 Å². The molecule has 2 atom stereocenters. The van der Waals surface area contributed by atoms with E-state index in [1.165, 1.54) is 21.7 Å². The standard InChI is InChI=1S/C16H17F3N4O2/c1-9(11-5-3-4-6-12(11)16(17,18)19)23-13-7-8-22(15(24)25)10(2)14(13)20-21-23/h3-6,9-10H,7-8H2,1-2H3,(H,24,25)/t9?,10-/m1/s1. The third kappa shape index (κ3) is 2.94. The Balaban J connectivity index is 2.01. The van der Waals surface area contributed by atoms with Crippen LogP contribution in [0.4, 0.5) is 18.0 Å². The number of benzene rings is 1. The molecule has 1 amide bonds. The van der Waals surface area contributed by atoms with E-state index in [9.17, 15) is 23.1 Å². The maximum Gasteiger partial charge on any atom is 0.416 e. The van der Waals surface area contributed by atoms with Crippen LogP contribution in [0.3, 0.4) is 0 Å². The zero-order valence-corrected chi connectivity index (χ0v) is 13.7. The van der Waals surface area contributed by atoms with Crippen molar-refractivity contribution in [3.05, 3.63) is 46.8 Å². The Morgan fingerprint density at radius 2 is 2.04 bits per heavy atom. The molecule has 0 fully saturated rings. The van der Waals surface area contributed by atoms with Gasteiger partial charge >= 0.3 is 12.3 Å². The first kappa shape index (κ1) is 17.2. The first-order valence-electron chi connectivity index (χ1n) is 7.81. The van der Waals surface area contributed by atoms with E-state index in [1.54, 1.807) is 19.9 Å². The minimum atomic E-state index is -4.46. The van der Waals surface area contributed by atoms with Gasteiger partial charge in [-0.05, 0) is 25.5 Å². The van der Waals surface area contributed by atoms with Crippen LogP contribution >= 0.6 is 0 Å². The maximum absolute atomic E-state index is 13.3. The second-order valence-corrected chi connectivity index (χ2v) is 6.03. The number of fused-ring (bicyclic) bond motifs is 1. The summed E-state index contributed by atoms with van der Waals surface area (Å²) in [4.78, 5) is 12.5. The maximum atomic E-state index is 13.3. The van der Waals surface area contributed by atoms with Gasteiger partial charge in [0.05, 0.1) is 23.3 Å². The smallest absolute Gasteiger partial charge is 0.416 e. The molecule has 6 nitrogen and oxygen atoms in total. The van der Waals surface area contributed by atoms with Crippen molar-refractivity contribution in [2.75, 3.05) is 6.54 Å². The molecule has 1 aliphatic rings. The average Bonchev–Trinajstić information content (AvgIpc) is 2.98. The van der Waals surface area contributed by atoms with Gasteiger partial charge in [-0.3, -0.25) is 4.90 Å². The molecule has 9 heteroatoms. The molecule has 0 saturated carbocycles. The second-order valence-electron chi connectivity index (χ2n) is 6.03. The summed E-state index contributed by atoms with van der Waals surface area (Å²) in [5.41, 5.74) is 0.568. The van der Waals surface area contributed by atoms with Gasteiger partial charge in [0, 0.05) is 13.0 Å². The summed E-state index contributed by atoms with van der Waals surface area (Å²) in [5.74, 6) is 0. The van der Waals surface area contributed by atoms with E-state index in [0.717, 1.165) is 6.07 Å². The van der Waals surface area contributed by atoms with Crippen LogP contribution in [0.2, 0.25) is 0 Å². The zero-order chi connectivity index (χ0) is 18.4.